The molecule has 6 nitrogen and oxygen atoms in total. The molecule has 0 aliphatic carbocycles. The fourth-order valence-corrected chi connectivity index (χ4v) is 6.10. The average Bonchev–Trinajstić information content (AvgIpc) is 3.10. The number of likely N-dealkylation sites (tertiary alicyclic amines) is 1. The molecule has 2 heterocycles. The normalized spacial score (nSPS) is 15.0. The third-order valence-corrected chi connectivity index (χ3v) is 7.58. The lowest BCUT2D eigenvalue weighted by molar-refractivity contribution is 0.0717. The Kier molecular flexibility index (Phi) is 5.66. The van der Waals surface area contributed by atoms with Crippen LogP contribution in [0.2, 0.25) is 15.1 Å². The maximum atomic E-state index is 13.6. The van der Waals surface area contributed by atoms with Crippen LogP contribution in [-0.2, 0) is 10.0 Å². The third kappa shape index (κ3) is 3.64. The number of hydrogen-bond donors (Lipinski definition) is 1. The topological polar surface area (TPSA) is 79.6 Å². The maximum Gasteiger partial charge on any atom is 0.272 e. The van der Waals surface area contributed by atoms with E-state index in [4.69, 9.17) is 34.8 Å². The molecular formula is C20H17Cl3N2O4S. The SMILES string of the molecule is O=C(c1cc2cc(Cl)ccc2n1S(=O)(=O)c1cc(Cl)cc(Cl)c1O)N1CCCCC1. The molecule has 0 unspecified atom stereocenters. The van der Waals surface area contributed by atoms with Crippen molar-refractivity contribution in [1.82, 2.24) is 8.87 Å². The van der Waals surface area contributed by atoms with Gasteiger partial charge in [0.2, 0.25) is 0 Å². The number of aromatic hydroxyl groups is 1. The summed E-state index contributed by atoms with van der Waals surface area (Å²) in [6.07, 6.45) is 2.74. The second kappa shape index (κ2) is 7.96. The number of halogens is 3. The molecular weight excluding hydrogens is 471 g/mol. The van der Waals surface area contributed by atoms with Gasteiger partial charge in [-0.2, -0.15) is 0 Å². The molecule has 0 saturated carbocycles. The van der Waals surface area contributed by atoms with E-state index in [1.54, 1.807) is 11.0 Å². The molecule has 1 N–H and O–H groups in total. The highest BCUT2D eigenvalue weighted by Crippen LogP contribution is 2.37. The van der Waals surface area contributed by atoms with Gasteiger partial charge in [-0.05, 0) is 55.7 Å². The Morgan fingerprint density at radius 1 is 0.933 bits per heavy atom. The Morgan fingerprint density at radius 3 is 2.33 bits per heavy atom. The predicted molar refractivity (Wildman–Crippen MR) is 117 cm³/mol. The van der Waals surface area contributed by atoms with Crippen LogP contribution in [0, 0.1) is 0 Å². The maximum absolute atomic E-state index is 13.6. The minimum absolute atomic E-state index is 0.0373. The highest BCUT2D eigenvalue weighted by Gasteiger charge is 2.32. The number of benzene rings is 2. The molecule has 3 aromatic rings. The van der Waals surface area contributed by atoms with Crippen molar-refractivity contribution in [2.75, 3.05) is 13.1 Å². The number of phenols is 1. The van der Waals surface area contributed by atoms with Crippen molar-refractivity contribution in [3.63, 3.8) is 0 Å². The fraction of sp³-hybridized carbons (Fsp3) is 0.250. The second-order valence-corrected chi connectivity index (χ2v) is 10.1. The number of aromatic nitrogens is 1. The average molecular weight is 488 g/mol. The summed E-state index contributed by atoms with van der Waals surface area (Å²) in [4.78, 5) is 14.4. The van der Waals surface area contributed by atoms with Gasteiger partial charge in [0.05, 0.1) is 10.5 Å². The van der Waals surface area contributed by atoms with E-state index in [2.05, 4.69) is 0 Å². The number of fused-ring (bicyclic) bond motifs is 1. The minimum Gasteiger partial charge on any atom is -0.505 e. The van der Waals surface area contributed by atoms with Gasteiger partial charge < -0.3 is 10.0 Å². The van der Waals surface area contributed by atoms with Gasteiger partial charge in [-0.1, -0.05) is 34.8 Å². The van der Waals surface area contributed by atoms with E-state index in [1.165, 1.54) is 24.3 Å². The van der Waals surface area contributed by atoms with Gasteiger partial charge in [-0.15, -0.1) is 0 Å². The second-order valence-electron chi connectivity index (χ2n) is 7.09. The van der Waals surface area contributed by atoms with Crippen molar-refractivity contribution in [3.05, 3.63) is 57.2 Å². The molecule has 1 saturated heterocycles. The van der Waals surface area contributed by atoms with E-state index in [0.29, 0.717) is 23.5 Å². The zero-order valence-corrected chi connectivity index (χ0v) is 18.7. The first-order chi connectivity index (χ1) is 14.2. The zero-order chi connectivity index (χ0) is 21.6. The molecule has 0 spiro atoms. The third-order valence-electron chi connectivity index (χ3n) is 5.09. The molecule has 0 radical (unpaired) electrons. The van der Waals surface area contributed by atoms with Crippen LogP contribution >= 0.6 is 34.8 Å². The Hall–Kier alpha value is -1.93. The van der Waals surface area contributed by atoms with Crippen molar-refractivity contribution < 1.29 is 18.3 Å². The zero-order valence-electron chi connectivity index (χ0n) is 15.6. The molecule has 1 aliphatic heterocycles. The minimum atomic E-state index is -4.42. The number of nitrogens with zero attached hydrogens (tertiary/aromatic N) is 2. The van der Waals surface area contributed by atoms with Gasteiger partial charge in [-0.25, -0.2) is 12.4 Å². The van der Waals surface area contributed by atoms with Crippen molar-refractivity contribution in [1.29, 1.82) is 0 Å². The van der Waals surface area contributed by atoms with E-state index in [9.17, 15) is 18.3 Å². The first-order valence-electron chi connectivity index (χ1n) is 9.24. The molecule has 158 valence electrons. The highest BCUT2D eigenvalue weighted by molar-refractivity contribution is 7.90. The number of carbonyl (C=O) groups is 1. The quantitative estimate of drug-likeness (QED) is 0.553. The summed E-state index contributed by atoms with van der Waals surface area (Å²) in [7, 11) is -4.42. The van der Waals surface area contributed by atoms with E-state index < -0.39 is 26.6 Å². The van der Waals surface area contributed by atoms with Crippen LogP contribution in [0.5, 0.6) is 5.75 Å². The van der Waals surface area contributed by atoms with Crippen LogP contribution < -0.4 is 0 Å². The fourth-order valence-electron chi connectivity index (χ4n) is 3.67. The van der Waals surface area contributed by atoms with E-state index in [0.717, 1.165) is 29.3 Å². The summed E-state index contributed by atoms with van der Waals surface area (Å²) in [5, 5.41) is 11.1. The number of phenolic OH excluding ortho intramolecular Hbond substituents is 1. The predicted octanol–water partition coefficient (Wildman–Crippen LogP) is 5.17. The number of piperidine rings is 1. The van der Waals surface area contributed by atoms with E-state index >= 15 is 0 Å². The van der Waals surface area contributed by atoms with Gasteiger partial charge in [0.25, 0.3) is 15.9 Å². The number of rotatable bonds is 3. The Balaban J connectivity index is 1.98. The number of carbonyl (C=O) groups excluding carboxylic acids is 1. The largest absolute Gasteiger partial charge is 0.505 e. The molecule has 4 rings (SSSR count). The molecule has 1 amide bonds. The molecule has 1 aliphatic rings. The first-order valence-corrected chi connectivity index (χ1v) is 11.8. The first kappa shape index (κ1) is 21.3. The molecule has 1 fully saturated rings. The Bertz CT molecular complexity index is 1260. The molecule has 2 aromatic carbocycles. The summed E-state index contributed by atoms with van der Waals surface area (Å²) in [6, 6.07) is 8.49. The van der Waals surface area contributed by atoms with Crippen LogP contribution in [-0.4, -0.2) is 41.4 Å². The van der Waals surface area contributed by atoms with Crippen LogP contribution in [0.25, 0.3) is 10.9 Å². The van der Waals surface area contributed by atoms with Crippen molar-refractivity contribution >= 4 is 61.6 Å². The molecule has 0 bridgehead atoms. The highest BCUT2D eigenvalue weighted by atomic mass is 35.5. The lowest BCUT2D eigenvalue weighted by atomic mass is 10.1. The standard InChI is InChI=1S/C20H17Cl3N2O4S/c21-13-4-5-16-12(8-13)9-17(20(27)24-6-2-1-3-7-24)25(16)30(28,29)18-11-14(22)10-15(23)19(18)26/h4-5,8-11,26H,1-3,6-7H2. The monoisotopic (exact) mass is 486 g/mol. The lowest BCUT2D eigenvalue weighted by Gasteiger charge is -2.27. The van der Waals surface area contributed by atoms with E-state index in [-0.39, 0.29) is 21.3 Å². The van der Waals surface area contributed by atoms with E-state index in [1.807, 2.05) is 0 Å². The number of hydrogen-bond acceptors (Lipinski definition) is 4. The molecule has 1 aromatic heterocycles. The van der Waals surface area contributed by atoms with Crippen molar-refractivity contribution in [2.45, 2.75) is 24.2 Å². The molecule has 30 heavy (non-hydrogen) atoms. The molecule has 0 atom stereocenters. The number of amides is 1. The Labute approximate surface area is 188 Å². The summed E-state index contributed by atoms with van der Waals surface area (Å²) in [5.41, 5.74) is 0.222. The van der Waals surface area contributed by atoms with Crippen molar-refractivity contribution in [2.24, 2.45) is 0 Å². The summed E-state index contributed by atoms with van der Waals surface area (Å²) in [6.45, 7) is 1.10. The van der Waals surface area contributed by atoms with Gasteiger partial charge in [0.15, 0.2) is 5.75 Å². The van der Waals surface area contributed by atoms with Gasteiger partial charge in [0, 0.05) is 28.5 Å². The lowest BCUT2D eigenvalue weighted by Crippen LogP contribution is -2.37. The molecule has 10 heteroatoms. The Morgan fingerprint density at radius 2 is 1.63 bits per heavy atom. The van der Waals surface area contributed by atoms with Crippen LogP contribution in [0.1, 0.15) is 29.8 Å². The summed E-state index contributed by atoms with van der Waals surface area (Å²) < 4.78 is 28.1. The summed E-state index contributed by atoms with van der Waals surface area (Å²) in [5.74, 6) is -1.04. The van der Waals surface area contributed by atoms with Gasteiger partial charge in [-0.3, -0.25) is 4.79 Å². The van der Waals surface area contributed by atoms with Crippen molar-refractivity contribution in [3.8, 4) is 5.75 Å². The van der Waals surface area contributed by atoms with Gasteiger partial charge in [0.1, 0.15) is 10.6 Å². The van der Waals surface area contributed by atoms with Crippen LogP contribution in [0.4, 0.5) is 0 Å². The van der Waals surface area contributed by atoms with Crippen LogP contribution in [0.15, 0.2) is 41.3 Å². The smallest absolute Gasteiger partial charge is 0.272 e. The van der Waals surface area contributed by atoms with Gasteiger partial charge >= 0.3 is 0 Å². The van der Waals surface area contributed by atoms with Crippen LogP contribution in [0.3, 0.4) is 0 Å². The summed E-state index contributed by atoms with van der Waals surface area (Å²) >= 11 is 18.0.